The third kappa shape index (κ3) is 6.02. The van der Waals surface area contributed by atoms with Gasteiger partial charge in [0.25, 0.3) is 11.5 Å². The number of carbonyl (C=O) groups is 3. The molecule has 12 nitrogen and oxygen atoms in total. The number of esters is 1. The fourth-order valence-electron chi connectivity index (χ4n) is 3.78. The number of carbonyl (C=O) groups excluding carboxylic acids is 3. The Balaban J connectivity index is 1.49. The summed E-state index contributed by atoms with van der Waals surface area (Å²) in [6, 6.07) is 5.64. The number of methoxy groups -OCH3 is 1. The number of fused-ring (bicyclic) bond motifs is 1. The molecule has 1 aliphatic heterocycles. The zero-order chi connectivity index (χ0) is 27.6. The number of benzene rings is 1. The molecule has 1 saturated heterocycles. The highest BCUT2D eigenvalue weighted by Gasteiger charge is 2.27. The first-order valence-electron chi connectivity index (χ1n) is 11.8. The van der Waals surface area contributed by atoms with Crippen molar-refractivity contribution in [2.24, 2.45) is 0 Å². The summed E-state index contributed by atoms with van der Waals surface area (Å²) in [7, 11) is 1.24. The van der Waals surface area contributed by atoms with Crippen LogP contribution in [-0.4, -0.2) is 76.7 Å². The number of aromatic amines is 1. The molecule has 3 aromatic rings. The van der Waals surface area contributed by atoms with Crippen LogP contribution in [-0.2, 0) is 9.47 Å². The number of ether oxygens (including phenoxy) is 2. The van der Waals surface area contributed by atoms with Gasteiger partial charge in [0.15, 0.2) is 0 Å². The molecule has 13 heteroatoms. The number of hydrogen-bond acceptors (Lipinski definition) is 9. The first-order valence-corrected chi connectivity index (χ1v) is 12.1. The lowest BCUT2D eigenvalue weighted by Crippen LogP contribution is -2.50. The summed E-state index contributed by atoms with van der Waals surface area (Å²) in [6.07, 6.45) is 1.14. The van der Waals surface area contributed by atoms with Crippen molar-refractivity contribution in [3.63, 3.8) is 0 Å². The van der Waals surface area contributed by atoms with Gasteiger partial charge >= 0.3 is 12.1 Å². The number of piperazine rings is 1. The lowest BCUT2D eigenvalue weighted by Gasteiger charge is -2.35. The number of amides is 2. The van der Waals surface area contributed by atoms with E-state index in [1.165, 1.54) is 37.6 Å². The van der Waals surface area contributed by atoms with Crippen molar-refractivity contribution >= 4 is 52.2 Å². The second kappa shape index (κ2) is 10.7. The van der Waals surface area contributed by atoms with Gasteiger partial charge in [0, 0.05) is 37.8 Å². The minimum Gasteiger partial charge on any atom is -0.465 e. The number of H-pyrrole nitrogens is 1. The number of aromatic nitrogens is 3. The van der Waals surface area contributed by atoms with Crippen molar-refractivity contribution in [1.82, 2.24) is 19.9 Å². The van der Waals surface area contributed by atoms with Crippen molar-refractivity contribution in [2.75, 3.05) is 43.5 Å². The van der Waals surface area contributed by atoms with Crippen LogP contribution in [0.2, 0.25) is 5.02 Å². The maximum absolute atomic E-state index is 12.9. The Morgan fingerprint density at radius 3 is 2.47 bits per heavy atom. The molecule has 4 rings (SSSR count). The van der Waals surface area contributed by atoms with E-state index in [4.69, 9.17) is 16.3 Å². The van der Waals surface area contributed by atoms with Crippen molar-refractivity contribution in [3.05, 3.63) is 57.0 Å². The maximum Gasteiger partial charge on any atom is 0.410 e. The molecule has 1 fully saturated rings. The van der Waals surface area contributed by atoms with Gasteiger partial charge in [-0.2, -0.15) is 4.98 Å². The Kier molecular flexibility index (Phi) is 7.53. The van der Waals surface area contributed by atoms with Gasteiger partial charge in [0.2, 0.25) is 5.95 Å². The molecule has 0 bridgehead atoms. The van der Waals surface area contributed by atoms with Crippen LogP contribution in [0.1, 0.15) is 41.5 Å². The Hall–Kier alpha value is -4.19. The molecular weight excluding hydrogens is 516 g/mol. The lowest BCUT2D eigenvalue weighted by molar-refractivity contribution is 0.0239. The summed E-state index contributed by atoms with van der Waals surface area (Å²) < 4.78 is 10.1. The summed E-state index contributed by atoms with van der Waals surface area (Å²) >= 11 is 6.15. The normalized spacial score (nSPS) is 13.8. The van der Waals surface area contributed by atoms with E-state index in [9.17, 15) is 19.2 Å². The van der Waals surface area contributed by atoms with Gasteiger partial charge in [0.05, 0.1) is 23.4 Å². The molecule has 38 heavy (non-hydrogen) atoms. The Morgan fingerprint density at radius 2 is 1.82 bits per heavy atom. The van der Waals surface area contributed by atoms with E-state index in [2.05, 4.69) is 25.0 Å². The van der Waals surface area contributed by atoms with E-state index < -0.39 is 23.0 Å². The second-order valence-electron chi connectivity index (χ2n) is 9.58. The predicted molar refractivity (Wildman–Crippen MR) is 141 cm³/mol. The average Bonchev–Trinajstić information content (AvgIpc) is 2.87. The van der Waals surface area contributed by atoms with Gasteiger partial charge in [0.1, 0.15) is 16.8 Å². The average molecular weight is 543 g/mol. The largest absolute Gasteiger partial charge is 0.465 e. The number of nitrogens with zero attached hydrogens (tertiary/aromatic N) is 4. The van der Waals surface area contributed by atoms with E-state index in [1.54, 1.807) is 4.90 Å². The van der Waals surface area contributed by atoms with Gasteiger partial charge in [-0.15, -0.1) is 0 Å². The van der Waals surface area contributed by atoms with Gasteiger partial charge in [-0.05, 0) is 45.0 Å². The number of rotatable bonds is 4. The minimum absolute atomic E-state index is 0.149. The van der Waals surface area contributed by atoms with Gasteiger partial charge in [-0.1, -0.05) is 11.6 Å². The third-order valence-electron chi connectivity index (χ3n) is 5.68. The summed E-state index contributed by atoms with van der Waals surface area (Å²) in [6.45, 7) is 7.30. The summed E-state index contributed by atoms with van der Waals surface area (Å²) in [5, 5.41) is 3.18. The monoisotopic (exact) mass is 542 g/mol. The highest BCUT2D eigenvalue weighted by Crippen LogP contribution is 2.24. The highest BCUT2D eigenvalue weighted by molar-refractivity contribution is 6.34. The molecule has 3 heterocycles. The van der Waals surface area contributed by atoms with Crippen LogP contribution in [0.5, 0.6) is 0 Å². The maximum atomic E-state index is 12.9. The SMILES string of the molecule is COC(=O)c1ccc(Cl)c(NC(=O)c2cc3cnc(N4CCN(C(=O)OC(C)(C)C)CC4)nc3[nH]c2=O)c1. The Labute approximate surface area is 222 Å². The minimum atomic E-state index is -0.723. The smallest absolute Gasteiger partial charge is 0.410 e. The highest BCUT2D eigenvalue weighted by atomic mass is 35.5. The fourth-order valence-corrected chi connectivity index (χ4v) is 3.94. The predicted octanol–water partition coefficient (Wildman–Crippen LogP) is 3.07. The Bertz CT molecular complexity index is 1460. The quantitative estimate of drug-likeness (QED) is 0.474. The number of anilines is 2. The van der Waals surface area contributed by atoms with E-state index in [0.29, 0.717) is 37.5 Å². The summed E-state index contributed by atoms with van der Waals surface area (Å²) in [5.41, 5.74) is -0.814. The summed E-state index contributed by atoms with van der Waals surface area (Å²) in [4.78, 5) is 64.7. The van der Waals surface area contributed by atoms with Crippen LogP contribution >= 0.6 is 11.6 Å². The zero-order valence-corrected chi connectivity index (χ0v) is 22.1. The molecule has 0 spiro atoms. The molecule has 2 aromatic heterocycles. The first kappa shape index (κ1) is 26.9. The molecular formula is C25H27ClN6O6. The fraction of sp³-hybridized carbons (Fsp3) is 0.360. The van der Waals surface area contributed by atoms with Crippen LogP contribution in [0.4, 0.5) is 16.4 Å². The van der Waals surface area contributed by atoms with Crippen molar-refractivity contribution in [3.8, 4) is 0 Å². The molecule has 1 aromatic carbocycles. The van der Waals surface area contributed by atoms with Crippen LogP contribution in [0, 0.1) is 0 Å². The molecule has 1 aliphatic rings. The molecule has 0 saturated carbocycles. The second-order valence-corrected chi connectivity index (χ2v) is 9.99. The van der Waals surface area contributed by atoms with Gasteiger partial charge < -0.3 is 29.6 Å². The van der Waals surface area contributed by atoms with Crippen LogP contribution in [0.25, 0.3) is 11.0 Å². The van der Waals surface area contributed by atoms with Crippen LogP contribution in [0.3, 0.4) is 0 Å². The first-order chi connectivity index (χ1) is 17.9. The van der Waals surface area contributed by atoms with Crippen molar-refractivity contribution < 1.29 is 23.9 Å². The zero-order valence-electron chi connectivity index (χ0n) is 21.3. The molecule has 2 amide bonds. The van der Waals surface area contributed by atoms with Gasteiger partial charge in [-0.3, -0.25) is 9.59 Å². The number of pyridine rings is 1. The standard InChI is InChI=1S/C25H27ClN6O6/c1-25(2,3)38-24(36)32-9-7-31(8-10-32)23-27-13-15-11-16(21(34)29-19(15)30-23)20(33)28-18-12-14(22(35)37-4)5-6-17(18)26/h5-6,11-13H,7-10H2,1-4H3,(H,28,33)(H,27,29,30,34). The summed E-state index contributed by atoms with van der Waals surface area (Å²) in [5.74, 6) is -0.931. The topological polar surface area (TPSA) is 147 Å². The molecule has 0 aliphatic carbocycles. The van der Waals surface area contributed by atoms with Crippen LogP contribution < -0.4 is 15.8 Å². The van der Waals surface area contributed by atoms with Gasteiger partial charge in [-0.25, -0.2) is 14.6 Å². The molecule has 0 atom stereocenters. The van der Waals surface area contributed by atoms with E-state index in [-0.39, 0.29) is 33.6 Å². The molecule has 2 N–H and O–H groups in total. The number of halogens is 1. The lowest BCUT2D eigenvalue weighted by atomic mass is 10.1. The van der Waals surface area contributed by atoms with Crippen molar-refractivity contribution in [1.29, 1.82) is 0 Å². The molecule has 0 radical (unpaired) electrons. The van der Waals surface area contributed by atoms with E-state index in [1.807, 2.05) is 25.7 Å². The number of hydrogen-bond donors (Lipinski definition) is 2. The molecule has 200 valence electrons. The molecule has 0 unspecified atom stereocenters. The van der Waals surface area contributed by atoms with Crippen LogP contribution in [0.15, 0.2) is 35.3 Å². The third-order valence-corrected chi connectivity index (χ3v) is 6.00. The van der Waals surface area contributed by atoms with Crippen molar-refractivity contribution in [2.45, 2.75) is 26.4 Å². The van der Waals surface area contributed by atoms with E-state index in [0.717, 1.165) is 0 Å². The Morgan fingerprint density at radius 1 is 1.11 bits per heavy atom. The van der Waals surface area contributed by atoms with E-state index >= 15 is 0 Å². The number of nitrogens with one attached hydrogen (secondary N) is 2.